The zero-order chi connectivity index (χ0) is 3.58. The largest absolute Gasteiger partial charge is 2.00 e. The van der Waals surface area contributed by atoms with Gasteiger partial charge in [-0.25, -0.2) is 0 Å². The summed E-state index contributed by atoms with van der Waals surface area (Å²) < 4.78 is 0. The summed E-state index contributed by atoms with van der Waals surface area (Å²) in [5.74, 6) is 0. The zero-order valence-corrected chi connectivity index (χ0v) is 9.96. The van der Waals surface area contributed by atoms with Crippen molar-refractivity contribution in [1.29, 1.82) is 0 Å². The molecule has 7 heavy (non-hydrogen) atoms. The molecule has 0 aliphatic carbocycles. The summed E-state index contributed by atoms with van der Waals surface area (Å²) in [6.07, 6.45) is -2.33. The Morgan fingerprint density at radius 2 is 1.57 bits per heavy atom. The third kappa shape index (κ3) is 62.3. The van der Waals surface area contributed by atoms with E-state index < -0.39 is 6.16 Å². The van der Waals surface area contributed by atoms with E-state index in [1.165, 1.54) is 0 Å². The molecule has 0 atom stereocenters. The monoisotopic (exact) mass is 226 g/mol. The van der Waals surface area contributed by atoms with Crippen molar-refractivity contribution in [3.05, 3.63) is 0 Å². The summed E-state index contributed by atoms with van der Waals surface area (Å²) in [5, 5.41) is 16.7. The summed E-state index contributed by atoms with van der Waals surface area (Å²) in [7, 11) is 0. The van der Waals surface area contributed by atoms with Crippen molar-refractivity contribution in [2.24, 2.45) is 0 Å². The molecule has 6 heteroatoms. The second-order valence-electron chi connectivity index (χ2n) is 0.250. The third-order valence-corrected chi connectivity index (χ3v) is 0. The minimum Gasteiger partial charge on any atom is -1.00 e. The van der Waals surface area contributed by atoms with Gasteiger partial charge in [0.15, 0.2) is 0 Å². The number of carbonyl (C=O) groups is 1. The Morgan fingerprint density at radius 3 is 1.57 bits per heavy atom. The Hall–Kier alpha value is 2.30. The van der Waals surface area contributed by atoms with Gasteiger partial charge in [-0.15, -0.1) is 0 Å². The maximum Gasteiger partial charge on any atom is 2.00 e. The quantitative estimate of drug-likeness (QED) is 0.386. The van der Waals surface area contributed by atoms with E-state index in [1.54, 1.807) is 0 Å². The first-order valence-electron chi connectivity index (χ1n) is 0.612. The van der Waals surface area contributed by atoms with Crippen molar-refractivity contribution in [1.82, 2.24) is 0 Å². The number of hydrogen-bond donors (Lipinski definition) is 0. The van der Waals surface area contributed by atoms with Crippen LogP contribution in [0.4, 0.5) is 4.79 Å². The smallest absolute Gasteiger partial charge is 1.00 e. The first kappa shape index (κ1) is 22.8. The molecule has 0 amide bonds. The standard InChI is InChI=1S/CH2O3.Ca.ClH.Sr.2H/c2-1(3)4;;;;;/h(H2,2,3,4);;1H;;;/q;+2;;+2;2*-1/p-2. The fourth-order valence-electron chi connectivity index (χ4n) is 0. The molecule has 0 fully saturated rings. The predicted molar refractivity (Wildman–Crippen MR) is 20.2 cm³/mol. The predicted octanol–water partition coefficient (Wildman–Crippen LogP) is -5.87. The first-order valence-corrected chi connectivity index (χ1v) is 0.612. The molecule has 0 heterocycles. The van der Waals surface area contributed by atoms with Crippen molar-refractivity contribution < 1.29 is 31.7 Å². The average Bonchev–Trinajstić information content (AvgIpc) is 0.811. The molecular weight excluding hydrogens is 223 g/mol. The van der Waals surface area contributed by atoms with Gasteiger partial charge in [-0.3, -0.25) is 0 Å². The van der Waals surface area contributed by atoms with Gasteiger partial charge in [0, 0.05) is 0 Å². The van der Waals surface area contributed by atoms with E-state index in [0.29, 0.717) is 0 Å². The molecule has 0 N–H and O–H groups in total. The van der Waals surface area contributed by atoms with Gasteiger partial charge >= 0.3 is 84.6 Å². The summed E-state index contributed by atoms with van der Waals surface area (Å²) in [6, 6.07) is 0. The van der Waals surface area contributed by atoms with Crippen LogP contribution in [0.2, 0.25) is 0 Å². The summed E-state index contributed by atoms with van der Waals surface area (Å²) in [4.78, 5) is 8.33. The molecule has 0 aliphatic rings. The van der Waals surface area contributed by atoms with E-state index in [1.807, 2.05) is 0 Å². The normalized spacial score (nSPS) is 3.43. The van der Waals surface area contributed by atoms with Gasteiger partial charge in [0.1, 0.15) is 0 Å². The fraction of sp³-hybridized carbons (Fsp3) is 0. The second-order valence-corrected chi connectivity index (χ2v) is 0.250. The van der Waals surface area contributed by atoms with Crippen LogP contribution in [0.5, 0.6) is 0 Å². The Labute approximate surface area is 119 Å². The summed E-state index contributed by atoms with van der Waals surface area (Å²) in [6.45, 7) is 0. The van der Waals surface area contributed by atoms with E-state index in [0.717, 1.165) is 0 Å². The molecule has 3 nitrogen and oxygen atoms in total. The fourth-order valence-corrected chi connectivity index (χ4v) is 0. The molecule has 0 bridgehead atoms. The molecule has 0 unspecified atom stereocenters. The molecular formula is CH3CaClO3Sr. The number of carboxylic acid groups (broad SMARTS) is 2. The number of rotatable bonds is 0. The molecule has 0 saturated carbocycles. The average molecular weight is 226 g/mol. The molecule has 0 aromatic rings. The van der Waals surface area contributed by atoms with E-state index in [2.05, 4.69) is 0 Å². The van der Waals surface area contributed by atoms with Gasteiger partial charge < -0.3 is 30.3 Å². The summed E-state index contributed by atoms with van der Waals surface area (Å²) in [5.41, 5.74) is 0. The zero-order valence-electron chi connectivity index (χ0n) is 6.52. The van der Waals surface area contributed by atoms with E-state index in [9.17, 15) is 0 Å². The Balaban J connectivity index is -0.00000000300. The molecule has 0 saturated heterocycles. The number of carbonyl (C=O) groups excluding carboxylic acids is 1. The third-order valence-electron chi connectivity index (χ3n) is 0. The van der Waals surface area contributed by atoms with Crippen LogP contribution in [-0.4, -0.2) is 89.4 Å². The van der Waals surface area contributed by atoms with Gasteiger partial charge in [-0.2, -0.15) is 0 Å². The van der Waals surface area contributed by atoms with Crippen LogP contribution in [0.25, 0.3) is 0 Å². The van der Waals surface area contributed by atoms with E-state index in [-0.39, 0.29) is 99.9 Å². The minimum absolute atomic E-state index is 0. The van der Waals surface area contributed by atoms with E-state index in [4.69, 9.17) is 15.0 Å². The van der Waals surface area contributed by atoms with Gasteiger partial charge in [0.05, 0.1) is 0 Å². The van der Waals surface area contributed by atoms with Crippen molar-refractivity contribution in [2.45, 2.75) is 0 Å². The molecule has 0 aromatic carbocycles. The SMILES string of the molecule is O=C([O-])[O-].[Ca+2].[Cl-].[H+].[H-].[H-].[Sr+2]. The molecule has 0 spiro atoms. The van der Waals surface area contributed by atoms with E-state index >= 15 is 0 Å². The minimum atomic E-state index is -2.33. The van der Waals surface area contributed by atoms with Crippen molar-refractivity contribution in [3.63, 3.8) is 0 Å². The van der Waals surface area contributed by atoms with Crippen LogP contribution >= 0.6 is 0 Å². The van der Waals surface area contributed by atoms with Crippen LogP contribution < -0.4 is 22.6 Å². The van der Waals surface area contributed by atoms with Crippen molar-refractivity contribution >= 4 is 89.4 Å². The Morgan fingerprint density at radius 1 is 1.57 bits per heavy atom. The van der Waals surface area contributed by atoms with Gasteiger partial charge in [0.25, 0.3) is 0 Å². The Bertz CT molecular complexity index is 46.7. The van der Waals surface area contributed by atoms with Gasteiger partial charge in [0.2, 0.25) is 0 Å². The topological polar surface area (TPSA) is 63.2 Å². The van der Waals surface area contributed by atoms with Crippen molar-refractivity contribution in [2.75, 3.05) is 0 Å². The van der Waals surface area contributed by atoms with Crippen LogP contribution in [0.3, 0.4) is 0 Å². The maximum absolute atomic E-state index is 8.33. The molecule has 36 valence electrons. The number of hydrogen-bond acceptors (Lipinski definition) is 3. The molecule has 0 aliphatic heterocycles. The first-order chi connectivity index (χ1) is 1.73. The van der Waals surface area contributed by atoms with Gasteiger partial charge in [-0.1, -0.05) is 0 Å². The Kier molecular flexibility index (Phi) is 51.3. The molecule has 0 radical (unpaired) electrons. The van der Waals surface area contributed by atoms with Gasteiger partial charge in [-0.05, 0) is 6.16 Å². The van der Waals surface area contributed by atoms with Crippen LogP contribution in [-0.2, 0) is 0 Å². The van der Waals surface area contributed by atoms with Crippen LogP contribution in [0.1, 0.15) is 4.28 Å². The maximum atomic E-state index is 8.33. The van der Waals surface area contributed by atoms with Crippen molar-refractivity contribution in [3.8, 4) is 0 Å². The molecule has 0 aromatic heterocycles. The second kappa shape index (κ2) is 15.7. The molecule has 0 rings (SSSR count). The number of halogens is 1. The van der Waals surface area contributed by atoms with Crippen LogP contribution in [0, 0.1) is 0 Å². The van der Waals surface area contributed by atoms with Crippen LogP contribution in [0.15, 0.2) is 0 Å². The summed E-state index contributed by atoms with van der Waals surface area (Å²) >= 11 is 0.